The van der Waals surface area contributed by atoms with E-state index in [0.717, 1.165) is 16.1 Å². The van der Waals surface area contributed by atoms with Crippen LogP contribution in [0, 0.1) is 6.92 Å². The molecule has 1 aromatic heterocycles. The van der Waals surface area contributed by atoms with Crippen LogP contribution in [-0.4, -0.2) is 39.3 Å². The molecule has 23 heavy (non-hydrogen) atoms. The number of benzene rings is 1. The largest absolute Gasteiger partial charge is 0.461 e. The zero-order valence-electron chi connectivity index (χ0n) is 13.6. The van der Waals surface area contributed by atoms with Crippen LogP contribution in [-0.2, 0) is 14.8 Å². The van der Waals surface area contributed by atoms with Crippen LogP contribution < -0.4 is 4.31 Å². The van der Waals surface area contributed by atoms with Crippen molar-refractivity contribution in [3.8, 4) is 11.1 Å². The first-order chi connectivity index (χ1) is 10.8. The molecule has 0 unspecified atom stereocenters. The van der Waals surface area contributed by atoms with Crippen molar-refractivity contribution in [1.29, 1.82) is 0 Å². The third-order valence-corrected chi connectivity index (χ3v) is 4.76. The average molecular weight is 336 g/mol. The number of carbonyl (C=O) groups is 1. The molecule has 0 aliphatic heterocycles. The van der Waals surface area contributed by atoms with Crippen LogP contribution in [0.3, 0.4) is 0 Å². The summed E-state index contributed by atoms with van der Waals surface area (Å²) in [6, 6.07) is 9.32. The number of nitrogens with one attached hydrogen (secondary N) is 1. The van der Waals surface area contributed by atoms with E-state index in [0.29, 0.717) is 16.9 Å². The van der Waals surface area contributed by atoms with Gasteiger partial charge in [0.05, 0.1) is 12.9 Å². The van der Waals surface area contributed by atoms with E-state index in [1.165, 1.54) is 7.05 Å². The number of nitrogens with zero attached hydrogens (tertiary/aromatic N) is 1. The summed E-state index contributed by atoms with van der Waals surface area (Å²) in [5.41, 5.74) is 2.40. The van der Waals surface area contributed by atoms with Crippen LogP contribution in [0.25, 0.3) is 11.1 Å². The van der Waals surface area contributed by atoms with Gasteiger partial charge in [-0.2, -0.15) is 0 Å². The topological polar surface area (TPSA) is 79.5 Å². The molecule has 0 aliphatic carbocycles. The molecule has 1 aromatic carbocycles. The maximum atomic E-state index is 12.1. The number of H-pyrrole nitrogens is 1. The molecule has 0 atom stereocenters. The summed E-state index contributed by atoms with van der Waals surface area (Å²) >= 11 is 0. The zero-order valence-corrected chi connectivity index (χ0v) is 14.4. The van der Waals surface area contributed by atoms with Gasteiger partial charge in [-0.1, -0.05) is 30.3 Å². The normalized spacial score (nSPS) is 11.3. The summed E-state index contributed by atoms with van der Waals surface area (Å²) in [4.78, 5) is 15.0. The Kier molecular flexibility index (Phi) is 4.79. The number of aromatic amines is 1. The number of anilines is 1. The van der Waals surface area contributed by atoms with E-state index in [2.05, 4.69) is 4.98 Å². The van der Waals surface area contributed by atoms with E-state index in [1.54, 1.807) is 13.8 Å². The number of ether oxygens (including phenoxy) is 1. The molecule has 0 saturated carbocycles. The maximum Gasteiger partial charge on any atom is 0.355 e. The van der Waals surface area contributed by atoms with E-state index < -0.39 is 16.0 Å². The van der Waals surface area contributed by atoms with E-state index >= 15 is 0 Å². The molecule has 6 nitrogen and oxygen atoms in total. The molecule has 0 fully saturated rings. The Morgan fingerprint density at radius 1 is 1.26 bits per heavy atom. The SMILES string of the molecule is CCOC(=O)c1[nH]c(N(C)S(C)(=O)=O)c(-c2ccccc2)c1C. The predicted molar refractivity (Wildman–Crippen MR) is 90.2 cm³/mol. The molecule has 2 rings (SSSR count). The first-order valence-electron chi connectivity index (χ1n) is 7.16. The Morgan fingerprint density at radius 2 is 1.87 bits per heavy atom. The maximum absolute atomic E-state index is 12.1. The minimum atomic E-state index is -3.48. The highest BCUT2D eigenvalue weighted by molar-refractivity contribution is 7.92. The van der Waals surface area contributed by atoms with Gasteiger partial charge in [0.15, 0.2) is 0 Å². The van der Waals surface area contributed by atoms with Gasteiger partial charge in [-0.25, -0.2) is 13.2 Å². The van der Waals surface area contributed by atoms with Crippen molar-refractivity contribution in [3.05, 3.63) is 41.6 Å². The molecule has 0 aliphatic rings. The molecule has 1 N–H and O–H groups in total. The summed E-state index contributed by atoms with van der Waals surface area (Å²) in [5, 5.41) is 0. The standard InChI is InChI=1S/C16H20N2O4S/c1-5-22-16(19)14-11(2)13(12-9-7-6-8-10-12)15(17-14)18(3)23(4,20)21/h6-10,17H,5H2,1-4H3. The molecule has 7 heteroatoms. The van der Waals surface area contributed by atoms with Gasteiger partial charge >= 0.3 is 5.97 Å². The lowest BCUT2D eigenvalue weighted by Gasteiger charge is -2.17. The van der Waals surface area contributed by atoms with E-state index in [4.69, 9.17) is 4.74 Å². The quantitative estimate of drug-likeness (QED) is 0.851. The van der Waals surface area contributed by atoms with Gasteiger partial charge in [0.1, 0.15) is 11.5 Å². The Hall–Kier alpha value is -2.28. The van der Waals surface area contributed by atoms with Crippen molar-refractivity contribution < 1.29 is 17.9 Å². The molecule has 0 saturated heterocycles. The third-order valence-electron chi connectivity index (χ3n) is 3.58. The van der Waals surface area contributed by atoms with Gasteiger partial charge < -0.3 is 9.72 Å². The van der Waals surface area contributed by atoms with Crippen molar-refractivity contribution in [2.24, 2.45) is 0 Å². The molecule has 1 heterocycles. The Labute approximate surface area is 136 Å². The van der Waals surface area contributed by atoms with Crippen molar-refractivity contribution in [2.75, 3.05) is 24.2 Å². The van der Waals surface area contributed by atoms with Gasteiger partial charge in [-0.05, 0) is 25.0 Å². The van der Waals surface area contributed by atoms with Gasteiger partial charge in [0.25, 0.3) is 0 Å². The van der Waals surface area contributed by atoms with Crippen LogP contribution in [0.4, 0.5) is 5.82 Å². The van der Waals surface area contributed by atoms with Gasteiger partial charge in [-0.3, -0.25) is 4.31 Å². The van der Waals surface area contributed by atoms with Crippen LogP contribution in [0.5, 0.6) is 0 Å². The lowest BCUT2D eigenvalue weighted by Crippen LogP contribution is -2.25. The monoisotopic (exact) mass is 336 g/mol. The van der Waals surface area contributed by atoms with Crippen molar-refractivity contribution in [2.45, 2.75) is 13.8 Å². The number of sulfonamides is 1. The second kappa shape index (κ2) is 6.45. The molecule has 0 radical (unpaired) electrons. The summed E-state index contributed by atoms with van der Waals surface area (Å²) in [6.07, 6.45) is 1.11. The lowest BCUT2D eigenvalue weighted by molar-refractivity contribution is 0.0519. The number of aromatic nitrogens is 1. The van der Waals surface area contributed by atoms with Crippen LogP contribution in [0.15, 0.2) is 30.3 Å². The van der Waals surface area contributed by atoms with Crippen molar-refractivity contribution in [1.82, 2.24) is 4.98 Å². The van der Waals surface area contributed by atoms with Crippen LogP contribution in [0.1, 0.15) is 23.0 Å². The fourth-order valence-electron chi connectivity index (χ4n) is 2.34. The highest BCUT2D eigenvalue weighted by Crippen LogP contribution is 2.36. The number of carbonyl (C=O) groups excluding carboxylic acids is 1. The van der Waals surface area contributed by atoms with Gasteiger partial charge in [-0.15, -0.1) is 0 Å². The highest BCUT2D eigenvalue weighted by Gasteiger charge is 2.26. The molecule has 0 bridgehead atoms. The summed E-state index contributed by atoms with van der Waals surface area (Å²) in [6.45, 7) is 3.73. The molecular weight excluding hydrogens is 316 g/mol. The minimum absolute atomic E-state index is 0.245. The number of esters is 1. The Bertz CT molecular complexity index is 810. The zero-order chi connectivity index (χ0) is 17.2. The van der Waals surface area contributed by atoms with Crippen LogP contribution >= 0.6 is 0 Å². The lowest BCUT2D eigenvalue weighted by atomic mass is 10.0. The summed E-state index contributed by atoms with van der Waals surface area (Å²) in [7, 11) is -2.03. The summed E-state index contributed by atoms with van der Waals surface area (Å²) in [5.74, 6) is -0.158. The number of hydrogen-bond donors (Lipinski definition) is 1. The van der Waals surface area contributed by atoms with Crippen molar-refractivity contribution >= 4 is 21.8 Å². The van der Waals surface area contributed by atoms with Gasteiger partial charge in [0.2, 0.25) is 10.0 Å². The smallest absolute Gasteiger partial charge is 0.355 e. The molecule has 0 amide bonds. The minimum Gasteiger partial charge on any atom is -0.461 e. The Balaban J connectivity index is 2.69. The van der Waals surface area contributed by atoms with E-state index in [-0.39, 0.29) is 12.3 Å². The fraction of sp³-hybridized carbons (Fsp3) is 0.312. The Morgan fingerprint density at radius 3 is 2.39 bits per heavy atom. The molecular formula is C16H20N2O4S. The number of rotatable bonds is 5. The summed E-state index contributed by atoms with van der Waals surface area (Å²) < 4.78 is 30.0. The first kappa shape index (κ1) is 17.1. The second-order valence-electron chi connectivity index (χ2n) is 5.17. The van der Waals surface area contributed by atoms with E-state index in [9.17, 15) is 13.2 Å². The van der Waals surface area contributed by atoms with Gasteiger partial charge in [0, 0.05) is 12.6 Å². The molecule has 124 valence electrons. The van der Waals surface area contributed by atoms with Crippen LogP contribution in [0.2, 0.25) is 0 Å². The second-order valence-corrected chi connectivity index (χ2v) is 7.18. The first-order valence-corrected chi connectivity index (χ1v) is 9.01. The third kappa shape index (κ3) is 3.39. The fourth-order valence-corrected chi connectivity index (χ4v) is 2.81. The van der Waals surface area contributed by atoms with E-state index in [1.807, 2.05) is 30.3 Å². The van der Waals surface area contributed by atoms with Crippen molar-refractivity contribution in [3.63, 3.8) is 0 Å². The molecule has 2 aromatic rings. The molecule has 0 spiro atoms. The average Bonchev–Trinajstić information content (AvgIpc) is 2.84. The predicted octanol–water partition coefficient (Wildman–Crippen LogP) is 2.56. The highest BCUT2D eigenvalue weighted by atomic mass is 32.2. The number of hydrogen-bond acceptors (Lipinski definition) is 4.